The largest absolute Gasteiger partial charge is 0.508 e. The first-order chi connectivity index (χ1) is 11.0. The Hall–Kier alpha value is -2.97. The molecule has 2 rings (SSSR count). The number of nitriles is 1. The molecule has 0 fully saturated rings. The number of rotatable bonds is 4. The van der Waals surface area contributed by atoms with E-state index in [1.165, 1.54) is 18.3 Å². The Morgan fingerprint density at radius 3 is 2.78 bits per heavy atom. The third-order valence-electron chi connectivity index (χ3n) is 3.04. The van der Waals surface area contributed by atoms with Crippen LogP contribution in [0.5, 0.6) is 5.75 Å². The number of aryl methyl sites for hydroxylation is 1. The lowest BCUT2D eigenvalue weighted by atomic mass is 10.2. The molecular weight excluding hydrogens is 314 g/mol. The zero-order valence-corrected chi connectivity index (χ0v) is 13.1. The Morgan fingerprint density at radius 1 is 1.30 bits per heavy atom. The van der Waals surface area contributed by atoms with E-state index >= 15 is 0 Å². The summed E-state index contributed by atoms with van der Waals surface area (Å²) in [7, 11) is 0. The fourth-order valence-corrected chi connectivity index (χ4v) is 1.99. The minimum atomic E-state index is -0.550. The molecule has 0 unspecified atom stereocenters. The smallest absolute Gasteiger partial charge is 0.267 e. The van der Waals surface area contributed by atoms with E-state index in [1.54, 1.807) is 30.3 Å². The van der Waals surface area contributed by atoms with Gasteiger partial charge in [-0.25, -0.2) is 0 Å². The van der Waals surface area contributed by atoms with Crippen LogP contribution >= 0.6 is 11.6 Å². The van der Waals surface area contributed by atoms with Crippen molar-refractivity contribution in [2.75, 3.05) is 10.6 Å². The van der Waals surface area contributed by atoms with E-state index in [0.717, 1.165) is 5.56 Å². The molecule has 0 aromatic heterocycles. The van der Waals surface area contributed by atoms with Crippen molar-refractivity contribution in [3.8, 4) is 11.8 Å². The molecule has 0 saturated heterocycles. The third kappa shape index (κ3) is 4.50. The van der Waals surface area contributed by atoms with E-state index in [2.05, 4.69) is 10.6 Å². The molecule has 2 aromatic rings. The van der Waals surface area contributed by atoms with Crippen molar-refractivity contribution in [3.63, 3.8) is 0 Å². The highest BCUT2D eigenvalue weighted by Gasteiger charge is 2.11. The highest BCUT2D eigenvalue weighted by molar-refractivity contribution is 6.31. The molecule has 0 aliphatic rings. The van der Waals surface area contributed by atoms with Crippen LogP contribution in [0.25, 0.3) is 0 Å². The van der Waals surface area contributed by atoms with Gasteiger partial charge in [0.1, 0.15) is 17.4 Å². The lowest BCUT2D eigenvalue weighted by molar-refractivity contribution is -0.112. The number of phenolic OH excluding ortho intramolecular Hbond substituents is 1. The van der Waals surface area contributed by atoms with Crippen molar-refractivity contribution in [2.45, 2.75) is 6.92 Å². The molecule has 0 heterocycles. The molecule has 2 aromatic carbocycles. The molecule has 0 aliphatic heterocycles. The maximum atomic E-state index is 12.2. The Balaban J connectivity index is 2.14. The van der Waals surface area contributed by atoms with E-state index in [9.17, 15) is 9.90 Å². The van der Waals surface area contributed by atoms with Gasteiger partial charge in [-0.2, -0.15) is 5.26 Å². The number of amides is 1. The average molecular weight is 328 g/mol. The number of carbonyl (C=O) groups is 1. The number of anilines is 2. The van der Waals surface area contributed by atoms with Gasteiger partial charge < -0.3 is 15.7 Å². The Bertz CT molecular complexity index is 810. The predicted molar refractivity (Wildman–Crippen MR) is 90.2 cm³/mol. The number of halogens is 1. The quantitative estimate of drug-likeness (QED) is 0.589. The summed E-state index contributed by atoms with van der Waals surface area (Å²) in [6.45, 7) is 1.83. The zero-order valence-electron chi connectivity index (χ0n) is 12.3. The lowest BCUT2D eigenvalue weighted by Crippen LogP contribution is -2.15. The second-order valence-electron chi connectivity index (χ2n) is 4.78. The van der Waals surface area contributed by atoms with Crippen molar-refractivity contribution >= 4 is 28.9 Å². The van der Waals surface area contributed by atoms with Crippen LogP contribution in [0.2, 0.25) is 5.02 Å². The van der Waals surface area contributed by atoms with Crippen LogP contribution in [-0.4, -0.2) is 11.0 Å². The molecule has 0 saturated carbocycles. The molecular formula is C17H14ClN3O2. The van der Waals surface area contributed by atoms with E-state index in [-0.39, 0.29) is 11.3 Å². The average Bonchev–Trinajstić information content (AvgIpc) is 2.51. The molecule has 0 spiro atoms. The molecule has 5 nitrogen and oxygen atoms in total. The summed E-state index contributed by atoms with van der Waals surface area (Å²) in [4.78, 5) is 12.2. The van der Waals surface area contributed by atoms with Gasteiger partial charge in [0.15, 0.2) is 0 Å². The summed E-state index contributed by atoms with van der Waals surface area (Å²) in [6, 6.07) is 13.3. The number of phenols is 1. The topological polar surface area (TPSA) is 85.2 Å². The maximum absolute atomic E-state index is 12.2. The molecule has 1 amide bonds. The van der Waals surface area contributed by atoms with Crippen molar-refractivity contribution in [2.24, 2.45) is 0 Å². The van der Waals surface area contributed by atoms with Crippen LogP contribution in [0, 0.1) is 18.3 Å². The van der Waals surface area contributed by atoms with Gasteiger partial charge in [0.05, 0.1) is 0 Å². The van der Waals surface area contributed by atoms with Gasteiger partial charge in [-0.3, -0.25) is 4.79 Å². The Labute approximate surface area is 138 Å². The number of benzene rings is 2. The standard InChI is InChI=1S/C17H14ClN3O2/c1-11-5-6-13(18)7-16(11)21-17(23)12(9-19)10-20-14-3-2-4-15(22)8-14/h2-8,10,20,22H,1H3,(H,21,23)/b12-10-. The van der Waals surface area contributed by atoms with E-state index in [0.29, 0.717) is 16.4 Å². The van der Waals surface area contributed by atoms with Gasteiger partial charge in [-0.05, 0) is 36.8 Å². The van der Waals surface area contributed by atoms with Crippen molar-refractivity contribution in [1.82, 2.24) is 0 Å². The summed E-state index contributed by atoms with van der Waals surface area (Å²) < 4.78 is 0. The van der Waals surface area contributed by atoms with Crippen molar-refractivity contribution in [3.05, 3.63) is 64.8 Å². The van der Waals surface area contributed by atoms with Crippen molar-refractivity contribution in [1.29, 1.82) is 5.26 Å². The number of nitrogens with zero attached hydrogens (tertiary/aromatic N) is 1. The minimum Gasteiger partial charge on any atom is -0.508 e. The van der Waals surface area contributed by atoms with Crippen LogP contribution in [0.3, 0.4) is 0 Å². The lowest BCUT2D eigenvalue weighted by Gasteiger charge is -2.08. The first-order valence-electron chi connectivity index (χ1n) is 6.73. The molecule has 3 N–H and O–H groups in total. The first kappa shape index (κ1) is 16.4. The van der Waals surface area contributed by atoms with Gasteiger partial charge in [0.25, 0.3) is 5.91 Å². The van der Waals surface area contributed by atoms with Crippen LogP contribution in [-0.2, 0) is 4.79 Å². The Kier molecular flexibility index (Phi) is 5.23. The van der Waals surface area contributed by atoms with E-state index < -0.39 is 5.91 Å². The molecule has 23 heavy (non-hydrogen) atoms. The molecule has 0 aliphatic carbocycles. The summed E-state index contributed by atoms with van der Waals surface area (Å²) in [6.07, 6.45) is 1.28. The van der Waals surface area contributed by atoms with Gasteiger partial charge in [-0.1, -0.05) is 23.7 Å². The van der Waals surface area contributed by atoms with Crippen molar-refractivity contribution < 1.29 is 9.90 Å². The fourth-order valence-electron chi connectivity index (χ4n) is 1.82. The van der Waals surface area contributed by atoms with Crippen LogP contribution in [0.1, 0.15) is 5.56 Å². The molecule has 0 bridgehead atoms. The summed E-state index contributed by atoms with van der Waals surface area (Å²) in [5.74, 6) is -0.466. The Morgan fingerprint density at radius 2 is 2.09 bits per heavy atom. The van der Waals surface area contributed by atoms with Gasteiger partial charge in [0.2, 0.25) is 0 Å². The second-order valence-corrected chi connectivity index (χ2v) is 5.21. The summed E-state index contributed by atoms with van der Waals surface area (Å²) in [5.41, 5.74) is 1.83. The predicted octanol–water partition coefficient (Wildman–Crippen LogP) is 3.81. The molecule has 0 radical (unpaired) electrons. The van der Waals surface area contributed by atoms with Gasteiger partial charge >= 0.3 is 0 Å². The number of nitrogens with one attached hydrogen (secondary N) is 2. The first-order valence-corrected chi connectivity index (χ1v) is 7.11. The number of hydrogen-bond donors (Lipinski definition) is 3. The minimum absolute atomic E-state index is 0.0842. The molecule has 0 atom stereocenters. The molecule has 6 heteroatoms. The highest BCUT2D eigenvalue weighted by Crippen LogP contribution is 2.21. The van der Waals surface area contributed by atoms with Crippen LogP contribution in [0.4, 0.5) is 11.4 Å². The number of aromatic hydroxyl groups is 1. The van der Waals surface area contributed by atoms with E-state index in [4.69, 9.17) is 16.9 Å². The van der Waals surface area contributed by atoms with E-state index in [1.807, 2.05) is 13.0 Å². The van der Waals surface area contributed by atoms with Crippen LogP contribution in [0.15, 0.2) is 54.2 Å². The maximum Gasteiger partial charge on any atom is 0.267 e. The number of carbonyl (C=O) groups excluding carboxylic acids is 1. The SMILES string of the molecule is Cc1ccc(Cl)cc1NC(=O)/C(C#N)=C\Nc1cccc(O)c1. The van der Waals surface area contributed by atoms with Gasteiger partial charge in [0, 0.05) is 28.7 Å². The summed E-state index contributed by atoms with van der Waals surface area (Å²) >= 11 is 5.90. The number of hydrogen-bond acceptors (Lipinski definition) is 4. The fraction of sp³-hybridized carbons (Fsp3) is 0.0588. The highest BCUT2D eigenvalue weighted by atomic mass is 35.5. The van der Waals surface area contributed by atoms with Crippen LogP contribution < -0.4 is 10.6 Å². The second kappa shape index (κ2) is 7.34. The zero-order chi connectivity index (χ0) is 16.8. The summed E-state index contributed by atoms with van der Waals surface area (Å²) in [5, 5.41) is 24.5. The van der Waals surface area contributed by atoms with Gasteiger partial charge in [-0.15, -0.1) is 0 Å². The third-order valence-corrected chi connectivity index (χ3v) is 3.28. The normalized spacial score (nSPS) is 10.7. The monoisotopic (exact) mass is 327 g/mol. The molecule has 116 valence electrons.